The van der Waals surface area contributed by atoms with Crippen LogP contribution in [0.4, 0.5) is 11.4 Å². The van der Waals surface area contributed by atoms with E-state index in [1.54, 1.807) is 0 Å². The highest BCUT2D eigenvalue weighted by molar-refractivity contribution is 5.81. The fourth-order valence-electron chi connectivity index (χ4n) is 2.16. The largest absolute Gasteiger partial charge is 0.455 e. The second kappa shape index (κ2) is 5.59. The van der Waals surface area contributed by atoms with E-state index >= 15 is 0 Å². The van der Waals surface area contributed by atoms with Gasteiger partial charge >= 0.3 is 0 Å². The molecule has 0 saturated carbocycles. The Labute approximate surface area is 123 Å². The third-order valence-corrected chi connectivity index (χ3v) is 3.26. The molecule has 0 heterocycles. The molecule has 0 aliphatic rings. The highest BCUT2D eigenvalue weighted by Gasteiger charge is 2.08. The highest BCUT2D eigenvalue weighted by Crippen LogP contribution is 2.35. The average molecular weight is 276 g/mol. The van der Waals surface area contributed by atoms with Crippen molar-refractivity contribution in [3.63, 3.8) is 0 Å². The first-order chi connectivity index (χ1) is 10.2. The first-order valence-corrected chi connectivity index (χ1v) is 6.71. The van der Waals surface area contributed by atoms with Crippen LogP contribution < -0.4 is 16.2 Å². The van der Waals surface area contributed by atoms with Gasteiger partial charge in [-0.25, -0.2) is 0 Å². The molecular formula is C18H16N2O. The van der Waals surface area contributed by atoms with E-state index < -0.39 is 0 Å². The molecule has 3 rings (SSSR count). The van der Waals surface area contributed by atoms with E-state index in [0.29, 0.717) is 11.4 Å². The Morgan fingerprint density at radius 2 is 1.38 bits per heavy atom. The number of rotatable bonds is 3. The SMILES string of the molecule is Nc1ccc(-c2cccc(Oc3ccccc3)c2N)cc1. The van der Waals surface area contributed by atoms with Crippen LogP contribution in [0.1, 0.15) is 0 Å². The maximum absolute atomic E-state index is 6.24. The molecule has 3 aromatic carbocycles. The summed E-state index contributed by atoms with van der Waals surface area (Å²) in [7, 11) is 0. The van der Waals surface area contributed by atoms with Gasteiger partial charge < -0.3 is 16.2 Å². The minimum Gasteiger partial charge on any atom is -0.455 e. The summed E-state index contributed by atoms with van der Waals surface area (Å²) in [5.41, 5.74) is 15.3. The van der Waals surface area contributed by atoms with Crippen LogP contribution in [0.15, 0.2) is 72.8 Å². The zero-order valence-electron chi connectivity index (χ0n) is 11.5. The number of para-hydroxylation sites is 2. The predicted octanol–water partition coefficient (Wildman–Crippen LogP) is 4.31. The van der Waals surface area contributed by atoms with Crippen molar-refractivity contribution in [1.82, 2.24) is 0 Å². The second-order valence-electron chi connectivity index (χ2n) is 4.75. The van der Waals surface area contributed by atoms with Crippen molar-refractivity contribution >= 4 is 11.4 Å². The molecule has 104 valence electrons. The molecule has 3 aromatic rings. The molecule has 0 fully saturated rings. The average Bonchev–Trinajstić information content (AvgIpc) is 2.52. The summed E-state index contributed by atoms with van der Waals surface area (Å²) in [5.74, 6) is 1.41. The number of hydrogen-bond donors (Lipinski definition) is 2. The van der Waals surface area contributed by atoms with Crippen molar-refractivity contribution in [2.75, 3.05) is 11.5 Å². The molecule has 0 aliphatic heterocycles. The molecule has 21 heavy (non-hydrogen) atoms. The van der Waals surface area contributed by atoms with Gasteiger partial charge in [-0.15, -0.1) is 0 Å². The Morgan fingerprint density at radius 3 is 2.10 bits per heavy atom. The Bertz CT molecular complexity index is 737. The van der Waals surface area contributed by atoms with E-state index in [-0.39, 0.29) is 0 Å². The van der Waals surface area contributed by atoms with E-state index in [1.165, 1.54) is 0 Å². The van der Waals surface area contributed by atoms with Gasteiger partial charge in [0.25, 0.3) is 0 Å². The standard InChI is InChI=1S/C18H16N2O/c19-14-11-9-13(10-12-14)16-7-4-8-17(18(16)20)21-15-5-2-1-3-6-15/h1-12H,19-20H2. The normalized spacial score (nSPS) is 10.3. The fourth-order valence-corrected chi connectivity index (χ4v) is 2.16. The first-order valence-electron chi connectivity index (χ1n) is 6.71. The van der Waals surface area contributed by atoms with E-state index in [2.05, 4.69) is 0 Å². The lowest BCUT2D eigenvalue weighted by molar-refractivity contribution is 0.485. The molecule has 0 amide bonds. The molecule has 0 saturated heterocycles. The topological polar surface area (TPSA) is 61.3 Å². The molecule has 0 unspecified atom stereocenters. The van der Waals surface area contributed by atoms with Crippen molar-refractivity contribution in [2.45, 2.75) is 0 Å². The van der Waals surface area contributed by atoms with Crippen LogP contribution in [-0.2, 0) is 0 Å². The molecule has 3 heteroatoms. The number of benzene rings is 3. The molecule has 0 aliphatic carbocycles. The van der Waals surface area contributed by atoms with Crippen molar-refractivity contribution in [3.8, 4) is 22.6 Å². The summed E-state index contributed by atoms with van der Waals surface area (Å²) >= 11 is 0. The third kappa shape index (κ3) is 2.82. The van der Waals surface area contributed by atoms with Crippen molar-refractivity contribution in [3.05, 3.63) is 72.8 Å². The second-order valence-corrected chi connectivity index (χ2v) is 4.75. The predicted molar refractivity (Wildman–Crippen MR) is 87.2 cm³/mol. The lowest BCUT2D eigenvalue weighted by Crippen LogP contribution is -1.95. The minimum atomic E-state index is 0.617. The quantitative estimate of drug-likeness (QED) is 0.701. The van der Waals surface area contributed by atoms with Gasteiger partial charge in [0.2, 0.25) is 0 Å². The van der Waals surface area contributed by atoms with E-state index in [0.717, 1.165) is 22.6 Å². The van der Waals surface area contributed by atoms with Gasteiger partial charge in [0.05, 0.1) is 5.69 Å². The van der Waals surface area contributed by atoms with Crippen LogP contribution >= 0.6 is 0 Å². The van der Waals surface area contributed by atoms with Crippen molar-refractivity contribution in [2.24, 2.45) is 0 Å². The molecule has 0 radical (unpaired) electrons. The van der Waals surface area contributed by atoms with E-state index in [1.807, 2.05) is 72.8 Å². The van der Waals surface area contributed by atoms with Gasteiger partial charge in [-0.2, -0.15) is 0 Å². The summed E-state index contributed by atoms with van der Waals surface area (Å²) in [4.78, 5) is 0. The van der Waals surface area contributed by atoms with E-state index in [9.17, 15) is 0 Å². The molecule has 0 atom stereocenters. The number of anilines is 2. The molecule has 0 aromatic heterocycles. The Morgan fingerprint density at radius 1 is 0.667 bits per heavy atom. The number of nitrogens with two attached hydrogens (primary N) is 2. The maximum Gasteiger partial charge on any atom is 0.150 e. The first kappa shape index (κ1) is 13.1. The fraction of sp³-hybridized carbons (Fsp3) is 0. The Hall–Kier alpha value is -2.94. The van der Waals surface area contributed by atoms with Gasteiger partial charge in [0, 0.05) is 11.3 Å². The molecule has 0 spiro atoms. The Kier molecular flexibility index (Phi) is 3.48. The zero-order valence-corrected chi connectivity index (χ0v) is 11.5. The van der Waals surface area contributed by atoms with Crippen LogP contribution in [0, 0.1) is 0 Å². The third-order valence-electron chi connectivity index (χ3n) is 3.26. The van der Waals surface area contributed by atoms with Gasteiger partial charge in [-0.1, -0.05) is 42.5 Å². The van der Waals surface area contributed by atoms with Crippen LogP contribution in [0.3, 0.4) is 0 Å². The lowest BCUT2D eigenvalue weighted by atomic mass is 10.0. The molecule has 4 N–H and O–H groups in total. The zero-order chi connectivity index (χ0) is 14.7. The summed E-state index contributed by atoms with van der Waals surface area (Å²) in [6, 6.07) is 23.0. The van der Waals surface area contributed by atoms with Crippen molar-refractivity contribution in [1.29, 1.82) is 0 Å². The smallest absolute Gasteiger partial charge is 0.150 e. The highest BCUT2D eigenvalue weighted by atomic mass is 16.5. The van der Waals surface area contributed by atoms with Crippen LogP contribution in [0.25, 0.3) is 11.1 Å². The lowest BCUT2D eigenvalue weighted by Gasteiger charge is -2.12. The van der Waals surface area contributed by atoms with Crippen LogP contribution in [0.5, 0.6) is 11.5 Å². The van der Waals surface area contributed by atoms with Gasteiger partial charge in [-0.3, -0.25) is 0 Å². The number of nitrogen functional groups attached to an aromatic ring is 2. The van der Waals surface area contributed by atoms with E-state index in [4.69, 9.17) is 16.2 Å². The van der Waals surface area contributed by atoms with Crippen LogP contribution in [-0.4, -0.2) is 0 Å². The van der Waals surface area contributed by atoms with Gasteiger partial charge in [0.15, 0.2) is 5.75 Å². The number of ether oxygens (including phenoxy) is 1. The molecular weight excluding hydrogens is 260 g/mol. The Balaban J connectivity index is 1.97. The van der Waals surface area contributed by atoms with Gasteiger partial charge in [-0.05, 0) is 35.9 Å². The summed E-state index contributed by atoms with van der Waals surface area (Å²) in [6.07, 6.45) is 0. The summed E-state index contributed by atoms with van der Waals surface area (Å²) < 4.78 is 5.85. The van der Waals surface area contributed by atoms with Crippen LogP contribution in [0.2, 0.25) is 0 Å². The minimum absolute atomic E-state index is 0.617. The maximum atomic E-state index is 6.24. The molecule has 0 bridgehead atoms. The van der Waals surface area contributed by atoms with Gasteiger partial charge in [0.1, 0.15) is 5.75 Å². The van der Waals surface area contributed by atoms with Crippen molar-refractivity contribution < 1.29 is 4.74 Å². The summed E-state index contributed by atoms with van der Waals surface area (Å²) in [5, 5.41) is 0. The molecule has 3 nitrogen and oxygen atoms in total. The summed E-state index contributed by atoms with van der Waals surface area (Å²) in [6.45, 7) is 0. The number of hydrogen-bond acceptors (Lipinski definition) is 3. The monoisotopic (exact) mass is 276 g/mol.